The Hall–Kier alpha value is -0.380. The Labute approximate surface area is 103 Å². The van der Waals surface area contributed by atoms with Crippen LogP contribution >= 0.6 is 11.3 Å². The number of aliphatic hydroxyl groups is 1. The summed E-state index contributed by atoms with van der Waals surface area (Å²) in [5.41, 5.74) is 0.157. The molecule has 0 saturated carbocycles. The predicted molar refractivity (Wildman–Crippen MR) is 71.1 cm³/mol. The van der Waals surface area contributed by atoms with Crippen molar-refractivity contribution in [2.24, 2.45) is 0 Å². The van der Waals surface area contributed by atoms with Crippen molar-refractivity contribution >= 4 is 11.3 Å². The minimum atomic E-state index is 0.00325. The van der Waals surface area contributed by atoms with Crippen molar-refractivity contribution in [3.05, 3.63) is 22.4 Å². The van der Waals surface area contributed by atoms with E-state index in [4.69, 9.17) is 5.11 Å². The molecule has 2 nitrogen and oxygen atoms in total. The minimum Gasteiger partial charge on any atom is -0.396 e. The van der Waals surface area contributed by atoms with E-state index in [0.29, 0.717) is 0 Å². The molecule has 0 spiro atoms. The molecule has 0 aliphatic heterocycles. The highest BCUT2D eigenvalue weighted by Crippen LogP contribution is 2.27. The number of nitrogens with one attached hydrogen (secondary N) is 1. The SMILES string of the molecule is CC(C)(CCO)NCC(C)(C)c1cccs1. The van der Waals surface area contributed by atoms with E-state index >= 15 is 0 Å². The summed E-state index contributed by atoms with van der Waals surface area (Å²) < 4.78 is 0. The monoisotopic (exact) mass is 241 g/mol. The molecule has 1 heterocycles. The summed E-state index contributed by atoms with van der Waals surface area (Å²) in [7, 11) is 0. The van der Waals surface area contributed by atoms with E-state index in [1.54, 1.807) is 11.3 Å². The lowest BCUT2D eigenvalue weighted by Crippen LogP contribution is -2.46. The third-order valence-electron chi connectivity index (χ3n) is 2.93. The summed E-state index contributed by atoms with van der Waals surface area (Å²) in [6.07, 6.45) is 0.785. The predicted octanol–water partition coefficient (Wildman–Crippen LogP) is 2.78. The molecule has 0 amide bonds. The van der Waals surface area contributed by atoms with Crippen LogP contribution < -0.4 is 5.32 Å². The average Bonchev–Trinajstić information content (AvgIpc) is 2.68. The molecule has 2 N–H and O–H groups in total. The molecule has 92 valence electrons. The van der Waals surface area contributed by atoms with Crippen molar-refractivity contribution in [3.63, 3.8) is 0 Å². The van der Waals surface area contributed by atoms with E-state index in [9.17, 15) is 0 Å². The van der Waals surface area contributed by atoms with Crippen LogP contribution in [-0.2, 0) is 5.41 Å². The van der Waals surface area contributed by atoms with E-state index in [2.05, 4.69) is 50.5 Å². The first-order chi connectivity index (χ1) is 7.37. The number of rotatable bonds is 6. The van der Waals surface area contributed by atoms with Gasteiger partial charge in [-0.15, -0.1) is 11.3 Å². The maximum Gasteiger partial charge on any atom is 0.0448 e. The summed E-state index contributed by atoms with van der Waals surface area (Å²) in [4.78, 5) is 1.40. The molecule has 1 aromatic heterocycles. The van der Waals surface area contributed by atoms with Gasteiger partial charge in [0, 0.05) is 29.0 Å². The highest BCUT2D eigenvalue weighted by molar-refractivity contribution is 7.10. The maximum absolute atomic E-state index is 8.98. The zero-order chi connectivity index (χ0) is 12.2. The van der Waals surface area contributed by atoms with E-state index in [-0.39, 0.29) is 17.6 Å². The molecule has 0 aromatic carbocycles. The van der Waals surface area contributed by atoms with E-state index in [0.717, 1.165) is 13.0 Å². The van der Waals surface area contributed by atoms with Crippen molar-refractivity contribution in [2.45, 2.75) is 45.1 Å². The van der Waals surface area contributed by atoms with Crippen LogP contribution in [-0.4, -0.2) is 23.8 Å². The van der Waals surface area contributed by atoms with Crippen LogP contribution in [0.5, 0.6) is 0 Å². The molecule has 0 aliphatic rings. The van der Waals surface area contributed by atoms with Gasteiger partial charge in [-0.3, -0.25) is 0 Å². The summed E-state index contributed by atoms with van der Waals surface area (Å²) in [6, 6.07) is 4.28. The van der Waals surface area contributed by atoms with Crippen LogP contribution in [0.1, 0.15) is 39.0 Å². The number of hydrogen-bond acceptors (Lipinski definition) is 3. The molecule has 0 unspecified atom stereocenters. The number of hydrogen-bond donors (Lipinski definition) is 2. The van der Waals surface area contributed by atoms with Gasteiger partial charge >= 0.3 is 0 Å². The Morgan fingerprint density at radius 3 is 2.50 bits per heavy atom. The molecule has 0 radical (unpaired) electrons. The van der Waals surface area contributed by atoms with Crippen LogP contribution in [0.2, 0.25) is 0 Å². The minimum absolute atomic E-state index is 0.00325. The zero-order valence-electron chi connectivity index (χ0n) is 10.7. The van der Waals surface area contributed by atoms with Crippen molar-refractivity contribution in [3.8, 4) is 0 Å². The molecule has 0 aliphatic carbocycles. The molecule has 0 atom stereocenters. The molecule has 0 bridgehead atoms. The highest BCUT2D eigenvalue weighted by Gasteiger charge is 2.25. The maximum atomic E-state index is 8.98. The first-order valence-electron chi connectivity index (χ1n) is 5.77. The van der Waals surface area contributed by atoms with Gasteiger partial charge in [-0.2, -0.15) is 0 Å². The molecule has 0 saturated heterocycles. The van der Waals surface area contributed by atoms with Crippen LogP contribution in [0.4, 0.5) is 0 Å². The van der Waals surface area contributed by atoms with E-state index in [1.165, 1.54) is 4.88 Å². The van der Waals surface area contributed by atoms with Crippen molar-refractivity contribution < 1.29 is 5.11 Å². The summed E-state index contributed by atoms with van der Waals surface area (Å²) in [6.45, 7) is 9.93. The molecule has 3 heteroatoms. The van der Waals surface area contributed by atoms with Gasteiger partial charge in [0.25, 0.3) is 0 Å². The van der Waals surface area contributed by atoms with Crippen LogP contribution in [0.25, 0.3) is 0 Å². The van der Waals surface area contributed by atoms with Crippen molar-refractivity contribution in [2.75, 3.05) is 13.2 Å². The lowest BCUT2D eigenvalue weighted by atomic mass is 9.89. The van der Waals surface area contributed by atoms with E-state index < -0.39 is 0 Å². The second-order valence-electron chi connectivity index (χ2n) is 5.57. The normalized spacial score (nSPS) is 13.1. The Morgan fingerprint density at radius 2 is 2.00 bits per heavy atom. The Kier molecular flexibility index (Phi) is 4.53. The molecular formula is C13H23NOS. The molecule has 1 aromatic rings. The standard InChI is InChI=1S/C13H23NOS/c1-12(2,11-6-5-9-16-11)10-14-13(3,4)7-8-15/h5-6,9,14-15H,7-8,10H2,1-4H3. The van der Waals surface area contributed by atoms with Crippen LogP contribution in [0.15, 0.2) is 17.5 Å². The molecule has 1 rings (SSSR count). The van der Waals surface area contributed by atoms with Gasteiger partial charge in [-0.25, -0.2) is 0 Å². The fourth-order valence-electron chi connectivity index (χ4n) is 1.58. The van der Waals surface area contributed by atoms with Gasteiger partial charge in [0.15, 0.2) is 0 Å². The summed E-state index contributed by atoms with van der Waals surface area (Å²) in [5.74, 6) is 0. The third-order valence-corrected chi connectivity index (χ3v) is 4.17. The van der Waals surface area contributed by atoms with Crippen LogP contribution in [0, 0.1) is 0 Å². The van der Waals surface area contributed by atoms with Gasteiger partial charge < -0.3 is 10.4 Å². The lowest BCUT2D eigenvalue weighted by Gasteiger charge is -2.32. The smallest absolute Gasteiger partial charge is 0.0448 e. The fourth-order valence-corrected chi connectivity index (χ4v) is 2.43. The quantitative estimate of drug-likeness (QED) is 0.802. The second-order valence-corrected chi connectivity index (χ2v) is 6.52. The summed E-state index contributed by atoms with van der Waals surface area (Å²) in [5, 5.41) is 14.6. The Balaban J connectivity index is 2.54. The van der Waals surface area contributed by atoms with Crippen molar-refractivity contribution in [1.82, 2.24) is 5.32 Å². The van der Waals surface area contributed by atoms with Gasteiger partial charge in [0.1, 0.15) is 0 Å². The lowest BCUT2D eigenvalue weighted by molar-refractivity contribution is 0.224. The van der Waals surface area contributed by atoms with Gasteiger partial charge in [-0.05, 0) is 31.7 Å². The number of aliphatic hydroxyl groups excluding tert-OH is 1. The van der Waals surface area contributed by atoms with Crippen LogP contribution in [0.3, 0.4) is 0 Å². The second kappa shape index (κ2) is 5.30. The zero-order valence-corrected chi connectivity index (χ0v) is 11.5. The Bertz CT molecular complexity index is 304. The van der Waals surface area contributed by atoms with Gasteiger partial charge in [-0.1, -0.05) is 19.9 Å². The van der Waals surface area contributed by atoms with Gasteiger partial charge in [0.2, 0.25) is 0 Å². The third kappa shape index (κ3) is 3.89. The summed E-state index contributed by atoms with van der Waals surface area (Å²) >= 11 is 1.80. The van der Waals surface area contributed by atoms with Crippen molar-refractivity contribution in [1.29, 1.82) is 0 Å². The first-order valence-corrected chi connectivity index (χ1v) is 6.65. The largest absolute Gasteiger partial charge is 0.396 e. The average molecular weight is 241 g/mol. The number of thiophene rings is 1. The van der Waals surface area contributed by atoms with Gasteiger partial charge in [0.05, 0.1) is 0 Å². The first kappa shape index (κ1) is 13.7. The van der Waals surface area contributed by atoms with E-state index in [1.807, 2.05) is 0 Å². The fraction of sp³-hybridized carbons (Fsp3) is 0.692. The highest BCUT2D eigenvalue weighted by atomic mass is 32.1. The molecule has 0 fully saturated rings. The Morgan fingerprint density at radius 1 is 1.31 bits per heavy atom. The molecular weight excluding hydrogens is 218 g/mol. The topological polar surface area (TPSA) is 32.3 Å². The molecule has 16 heavy (non-hydrogen) atoms.